The van der Waals surface area contributed by atoms with Crippen LogP contribution in [-0.4, -0.2) is 63.5 Å². The van der Waals surface area contributed by atoms with E-state index in [1.807, 2.05) is 0 Å². The third kappa shape index (κ3) is 5.34. The van der Waals surface area contributed by atoms with Gasteiger partial charge in [0.1, 0.15) is 0 Å². The fourth-order valence-corrected chi connectivity index (χ4v) is 2.77. The Morgan fingerprint density at radius 3 is 1.45 bits per heavy atom. The number of benzene rings is 2. The van der Waals surface area contributed by atoms with E-state index in [-0.39, 0.29) is 11.4 Å². The van der Waals surface area contributed by atoms with Crippen molar-refractivity contribution in [1.29, 1.82) is 0 Å². The number of rotatable bonds is 10. The summed E-state index contributed by atoms with van der Waals surface area (Å²) in [7, 11) is 0. The Morgan fingerprint density at radius 2 is 1.09 bits per heavy atom. The Balaban J connectivity index is 1.22. The maximum absolute atomic E-state index is 10.7. The van der Waals surface area contributed by atoms with Crippen molar-refractivity contribution in [1.82, 2.24) is 40.4 Å². The second kappa shape index (κ2) is 9.65. The van der Waals surface area contributed by atoms with Crippen molar-refractivity contribution >= 4 is 11.4 Å². The highest BCUT2D eigenvalue weighted by Gasteiger charge is 2.11. The van der Waals surface area contributed by atoms with Crippen LogP contribution in [0.25, 0.3) is 22.8 Å². The van der Waals surface area contributed by atoms with Gasteiger partial charge in [0.15, 0.2) is 0 Å². The Labute approximate surface area is 184 Å². The summed E-state index contributed by atoms with van der Waals surface area (Å²) in [6, 6.07) is 11.8. The zero-order valence-electron chi connectivity index (χ0n) is 17.0. The van der Waals surface area contributed by atoms with Gasteiger partial charge in [0.2, 0.25) is 11.6 Å². The van der Waals surface area contributed by atoms with Crippen LogP contribution in [0.1, 0.15) is 0 Å². The first-order valence-corrected chi connectivity index (χ1v) is 9.62. The Morgan fingerprint density at radius 1 is 0.697 bits per heavy atom. The van der Waals surface area contributed by atoms with Gasteiger partial charge in [-0.05, 0) is 34.7 Å². The molecule has 168 valence electrons. The molecule has 4 rings (SSSR count). The summed E-state index contributed by atoms with van der Waals surface area (Å²) in [4.78, 5) is 23.2. The van der Waals surface area contributed by atoms with Crippen LogP contribution in [0, 0.1) is 20.2 Å². The Kier molecular flexibility index (Phi) is 6.31. The van der Waals surface area contributed by atoms with Gasteiger partial charge in [0.05, 0.1) is 36.1 Å². The van der Waals surface area contributed by atoms with Crippen LogP contribution >= 0.6 is 0 Å². The maximum Gasteiger partial charge on any atom is 0.269 e. The minimum absolute atomic E-state index is 0.0127. The number of hydrogen-bond donors (Lipinski definition) is 0. The molecule has 0 aliphatic rings. The first kappa shape index (κ1) is 21.6. The second-order valence-corrected chi connectivity index (χ2v) is 6.64. The average molecular weight is 452 g/mol. The molecule has 0 aliphatic heterocycles. The summed E-state index contributed by atoms with van der Waals surface area (Å²) < 4.78 is 5.55. The van der Waals surface area contributed by atoms with E-state index in [1.54, 1.807) is 24.3 Å². The number of nitro groups is 2. The number of nitrogens with zero attached hydrogens (tertiary/aromatic N) is 10. The van der Waals surface area contributed by atoms with Crippen molar-refractivity contribution in [2.24, 2.45) is 0 Å². The van der Waals surface area contributed by atoms with Crippen molar-refractivity contribution in [3.05, 3.63) is 68.8 Å². The standard InChI is InChI=1S/C18H16N10O5/c29-27(30)15-5-1-13(2-6-15)17-19-23-25(21-17)9-11-33-12-10-26-22-18(20-24-26)14-3-7-16(8-4-14)28(31)32/h1-8H,9-12H2. The van der Waals surface area contributed by atoms with E-state index in [0.29, 0.717) is 49.1 Å². The lowest BCUT2D eigenvalue weighted by Gasteiger charge is -2.02. The predicted octanol–water partition coefficient (Wildman–Crippen LogP) is 1.53. The van der Waals surface area contributed by atoms with Gasteiger partial charge in [-0.15, -0.1) is 20.4 Å². The highest BCUT2D eigenvalue weighted by atomic mass is 16.6. The van der Waals surface area contributed by atoms with Crippen LogP contribution < -0.4 is 0 Å². The molecule has 2 aromatic carbocycles. The molecule has 0 atom stereocenters. The van der Waals surface area contributed by atoms with Crippen molar-refractivity contribution < 1.29 is 14.6 Å². The Hall–Kier alpha value is -4.66. The molecule has 0 bridgehead atoms. The molecular weight excluding hydrogens is 436 g/mol. The van der Waals surface area contributed by atoms with Crippen LogP contribution in [0.4, 0.5) is 11.4 Å². The topological polar surface area (TPSA) is 183 Å². The highest BCUT2D eigenvalue weighted by molar-refractivity contribution is 5.57. The van der Waals surface area contributed by atoms with Crippen LogP contribution in [0.2, 0.25) is 0 Å². The van der Waals surface area contributed by atoms with Gasteiger partial charge in [-0.25, -0.2) is 0 Å². The molecule has 0 saturated carbocycles. The van der Waals surface area contributed by atoms with Crippen LogP contribution in [0.3, 0.4) is 0 Å². The lowest BCUT2D eigenvalue weighted by atomic mass is 10.2. The van der Waals surface area contributed by atoms with Crippen molar-refractivity contribution in [3.63, 3.8) is 0 Å². The summed E-state index contributed by atoms with van der Waals surface area (Å²) in [5.74, 6) is 0.714. The molecule has 4 aromatic rings. The molecule has 15 nitrogen and oxygen atoms in total. The smallest absolute Gasteiger partial charge is 0.269 e. The monoisotopic (exact) mass is 452 g/mol. The molecule has 0 unspecified atom stereocenters. The normalized spacial score (nSPS) is 10.9. The van der Waals surface area contributed by atoms with Crippen molar-refractivity contribution in [2.45, 2.75) is 13.1 Å². The summed E-state index contributed by atoms with van der Waals surface area (Å²) in [5, 5.41) is 45.7. The quantitative estimate of drug-likeness (QED) is 0.193. The molecule has 33 heavy (non-hydrogen) atoms. The lowest BCUT2D eigenvalue weighted by molar-refractivity contribution is -0.385. The van der Waals surface area contributed by atoms with E-state index in [9.17, 15) is 20.2 Å². The summed E-state index contributed by atoms with van der Waals surface area (Å²) in [6.45, 7) is 1.36. The molecule has 2 aromatic heterocycles. The van der Waals surface area contributed by atoms with Crippen molar-refractivity contribution in [3.8, 4) is 22.8 Å². The lowest BCUT2D eigenvalue weighted by Crippen LogP contribution is -2.13. The van der Waals surface area contributed by atoms with Gasteiger partial charge in [0, 0.05) is 35.4 Å². The van der Waals surface area contributed by atoms with E-state index >= 15 is 0 Å². The molecular formula is C18H16N10O5. The van der Waals surface area contributed by atoms with Crippen LogP contribution in [-0.2, 0) is 17.8 Å². The van der Waals surface area contributed by atoms with Gasteiger partial charge < -0.3 is 4.74 Å². The highest BCUT2D eigenvalue weighted by Crippen LogP contribution is 2.19. The number of tetrazole rings is 2. The molecule has 0 radical (unpaired) electrons. The number of ether oxygens (including phenoxy) is 1. The summed E-state index contributed by atoms with van der Waals surface area (Å²) in [6.07, 6.45) is 0. The van der Waals surface area contributed by atoms with E-state index in [4.69, 9.17) is 4.74 Å². The van der Waals surface area contributed by atoms with Gasteiger partial charge in [-0.2, -0.15) is 9.59 Å². The second-order valence-electron chi connectivity index (χ2n) is 6.64. The van der Waals surface area contributed by atoms with Crippen molar-refractivity contribution in [2.75, 3.05) is 13.2 Å². The molecule has 0 saturated heterocycles. The molecule has 2 heterocycles. The van der Waals surface area contributed by atoms with Gasteiger partial charge in [0.25, 0.3) is 11.4 Å². The summed E-state index contributed by atoms with van der Waals surface area (Å²) >= 11 is 0. The fourth-order valence-electron chi connectivity index (χ4n) is 2.77. The molecule has 0 N–H and O–H groups in total. The molecule has 0 aliphatic carbocycles. The van der Waals surface area contributed by atoms with E-state index in [1.165, 1.54) is 33.9 Å². The number of aromatic nitrogens is 8. The zero-order valence-corrected chi connectivity index (χ0v) is 17.0. The molecule has 0 spiro atoms. The molecule has 0 amide bonds. The third-order valence-corrected chi connectivity index (χ3v) is 4.45. The largest absolute Gasteiger partial charge is 0.377 e. The predicted molar refractivity (Wildman–Crippen MR) is 111 cm³/mol. The third-order valence-electron chi connectivity index (χ3n) is 4.45. The number of non-ortho nitro benzene ring substituents is 2. The SMILES string of the molecule is O=[N+]([O-])c1ccc(-c2nnn(CCOCCn3nnc(-c4ccc([N+](=O)[O-])cc4)n3)n2)cc1. The fraction of sp³-hybridized carbons (Fsp3) is 0.222. The number of hydrogen-bond acceptors (Lipinski definition) is 11. The molecule has 0 fully saturated rings. The average Bonchev–Trinajstić information content (AvgIpc) is 3.49. The van der Waals surface area contributed by atoms with Gasteiger partial charge in [-0.3, -0.25) is 20.2 Å². The van der Waals surface area contributed by atoms with E-state index in [2.05, 4.69) is 30.8 Å². The summed E-state index contributed by atoms with van der Waals surface area (Å²) in [5.41, 5.74) is 1.21. The first-order valence-electron chi connectivity index (χ1n) is 9.62. The number of nitro benzene ring substituents is 2. The first-order chi connectivity index (χ1) is 16.0. The molecule has 15 heteroatoms. The minimum Gasteiger partial charge on any atom is -0.377 e. The van der Waals surface area contributed by atoms with Crippen LogP contribution in [0.15, 0.2) is 48.5 Å². The minimum atomic E-state index is -0.475. The zero-order chi connectivity index (χ0) is 23.2. The van der Waals surface area contributed by atoms with Gasteiger partial charge in [-0.1, -0.05) is 0 Å². The van der Waals surface area contributed by atoms with E-state index in [0.717, 1.165) is 0 Å². The maximum atomic E-state index is 10.7. The van der Waals surface area contributed by atoms with Crippen LogP contribution in [0.5, 0.6) is 0 Å². The van der Waals surface area contributed by atoms with E-state index < -0.39 is 9.85 Å². The van der Waals surface area contributed by atoms with Gasteiger partial charge >= 0.3 is 0 Å². The Bertz CT molecular complexity index is 1150.